The van der Waals surface area contributed by atoms with Crippen molar-refractivity contribution < 1.29 is 4.79 Å². The molecule has 1 aliphatic heterocycles. The molecule has 0 spiro atoms. The van der Waals surface area contributed by atoms with E-state index in [0.29, 0.717) is 5.69 Å². The van der Waals surface area contributed by atoms with E-state index >= 15 is 0 Å². The van der Waals surface area contributed by atoms with Gasteiger partial charge in [0, 0.05) is 45.3 Å². The van der Waals surface area contributed by atoms with Gasteiger partial charge in [0.1, 0.15) is 0 Å². The van der Waals surface area contributed by atoms with E-state index in [9.17, 15) is 4.79 Å². The second kappa shape index (κ2) is 9.28. The summed E-state index contributed by atoms with van der Waals surface area (Å²) >= 11 is 0. The van der Waals surface area contributed by atoms with Crippen LogP contribution in [-0.4, -0.2) is 76.0 Å². The molecule has 7 nitrogen and oxygen atoms in total. The van der Waals surface area contributed by atoms with E-state index < -0.39 is 0 Å². The monoisotopic (exact) mass is 360 g/mol. The molecule has 1 amide bonds. The van der Waals surface area contributed by atoms with Crippen LogP contribution in [0.15, 0.2) is 18.3 Å². The zero-order valence-corrected chi connectivity index (χ0v) is 16.1. The average Bonchev–Trinajstić information content (AvgIpc) is 3.11. The Morgan fingerprint density at radius 1 is 1.19 bits per heavy atom. The van der Waals surface area contributed by atoms with Crippen molar-refractivity contribution >= 4 is 5.91 Å². The molecule has 7 heteroatoms. The molecule has 26 heavy (non-hydrogen) atoms. The highest BCUT2D eigenvalue weighted by molar-refractivity contribution is 5.91. The minimum absolute atomic E-state index is 0.105. The van der Waals surface area contributed by atoms with Gasteiger partial charge < -0.3 is 10.2 Å². The highest BCUT2D eigenvalue weighted by Crippen LogP contribution is 2.19. The maximum absolute atomic E-state index is 11.9. The number of allylic oxidation sites excluding steroid dienone is 2. The SMILES string of the molecule is CC(C)NC(=O)c1cn(CCN2CCN(CC3CC=CCC3)CC2)nn1. The molecular formula is C19H32N6O. The summed E-state index contributed by atoms with van der Waals surface area (Å²) in [6.07, 6.45) is 10.2. The largest absolute Gasteiger partial charge is 0.348 e. The van der Waals surface area contributed by atoms with Crippen LogP contribution in [-0.2, 0) is 6.54 Å². The second-order valence-electron chi connectivity index (χ2n) is 7.79. The van der Waals surface area contributed by atoms with Gasteiger partial charge in [-0.15, -0.1) is 5.10 Å². The quantitative estimate of drug-likeness (QED) is 0.745. The van der Waals surface area contributed by atoms with Crippen molar-refractivity contribution in [3.63, 3.8) is 0 Å². The summed E-state index contributed by atoms with van der Waals surface area (Å²) in [6.45, 7) is 11.4. The fourth-order valence-corrected chi connectivity index (χ4v) is 3.67. The van der Waals surface area contributed by atoms with Gasteiger partial charge in [-0.3, -0.25) is 14.4 Å². The van der Waals surface area contributed by atoms with E-state index in [1.807, 2.05) is 13.8 Å². The number of nitrogens with zero attached hydrogens (tertiary/aromatic N) is 5. The second-order valence-corrected chi connectivity index (χ2v) is 7.79. The van der Waals surface area contributed by atoms with Crippen molar-refractivity contribution in [2.75, 3.05) is 39.3 Å². The first kappa shape index (κ1) is 19.0. The number of hydrogen-bond donors (Lipinski definition) is 1. The molecule has 144 valence electrons. The number of nitrogens with one attached hydrogen (secondary N) is 1. The summed E-state index contributed by atoms with van der Waals surface area (Å²) in [5, 5.41) is 10.9. The lowest BCUT2D eigenvalue weighted by molar-refractivity contribution is 0.0938. The summed E-state index contributed by atoms with van der Waals surface area (Å²) in [5.41, 5.74) is 0.394. The number of carbonyl (C=O) groups excluding carboxylic acids is 1. The molecular weight excluding hydrogens is 328 g/mol. The maximum atomic E-state index is 11.9. The van der Waals surface area contributed by atoms with Crippen LogP contribution in [0.1, 0.15) is 43.6 Å². The molecule has 1 fully saturated rings. The molecule has 2 heterocycles. The Hall–Kier alpha value is -1.73. The molecule has 2 aliphatic rings. The lowest BCUT2D eigenvalue weighted by Gasteiger charge is -2.36. The zero-order valence-electron chi connectivity index (χ0n) is 16.1. The number of carbonyl (C=O) groups is 1. The van der Waals surface area contributed by atoms with Gasteiger partial charge >= 0.3 is 0 Å². The Kier molecular flexibility index (Phi) is 6.80. The van der Waals surface area contributed by atoms with Crippen molar-refractivity contribution in [2.24, 2.45) is 5.92 Å². The van der Waals surface area contributed by atoms with Crippen LogP contribution in [0.4, 0.5) is 0 Å². The average molecular weight is 361 g/mol. The van der Waals surface area contributed by atoms with E-state index in [2.05, 4.69) is 37.6 Å². The molecule has 0 aromatic carbocycles. The van der Waals surface area contributed by atoms with Gasteiger partial charge in [-0.2, -0.15) is 0 Å². The van der Waals surface area contributed by atoms with Crippen LogP contribution in [0.2, 0.25) is 0 Å². The van der Waals surface area contributed by atoms with Crippen LogP contribution in [0.3, 0.4) is 0 Å². The number of aromatic nitrogens is 3. The molecule has 0 radical (unpaired) electrons. The van der Waals surface area contributed by atoms with Gasteiger partial charge in [0.25, 0.3) is 5.91 Å². The van der Waals surface area contributed by atoms with Gasteiger partial charge in [-0.25, -0.2) is 0 Å². The molecule has 1 saturated heterocycles. The Morgan fingerprint density at radius 2 is 1.96 bits per heavy atom. The summed E-state index contributed by atoms with van der Waals surface area (Å²) in [6, 6.07) is 0.105. The van der Waals surface area contributed by atoms with Gasteiger partial charge in [0.05, 0.1) is 12.7 Å². The van der Waals surface area contributed by atoms with Crippen LogP contribution < -0.4 is 5.32 Å². The van der Waals surface area contributed by atoms with E-state index in [4.69, 9.17) is 0 Å². The molecule has 1 aromatic rings. The molecule has 1 aromatic heterocycles. The zero-order chi connectivity index (χ0) is 18.4. The summed E-state index contributed by atoms with van der Waals surface area (Å²) in [4.78, 5) is 17.0. The van der Waals surface area contributed by atoms with Crippen molar-refractivity contribution in [2.45, 2.75) is 45.7 Å². The lowest BCUT2D eigenvalue weighted by atomic mass is 9.94. The fourth-order valence-electron chi connectivity index (χ4n) is 3.67. The molecule has 3 rings (SSSR count). The van der Waals surface area contributed by atoms with Crippen molar-refractivity contribution in [3.05, 3.63) is 24.0 Å². The summed E-state index contributed by atoms with van der Waals surface area (Å²) < 4.78 is 1.77. The van der Waals surface area contributed by atoms with E-state index in [-0.39, 0.29) is 11.9 Å². The van der Waals surface area contributed by atoms with Crippen LogP contribution in [0, 0.1) is 5.92 Å². The predicted octanol–water partition coefficient (Wildman–Crippen LogP) is 1.39. The lowest BCUT2D eigenvalue weighted by Crippen LogP contribution is -2.48. The first-order chi connectivity index (χ1) is 12.6. The summed E-state index contributed by atoms with van der Waals surface area (Å²) in [7, 11) is 0. The number of amides is 1. The van der Waals surface area contributed by atoms with Gasteiger partial charge in [-0.05, 0) is 39.0 Å². The van der Waals surface area contributed by atoms with Crippen molar-refractivity contribution in [1.82, 2.24) is 30.1 Å². The third-order valence-corrected chi connectivity index (χ3v) is 5.20. The molecule has 1 N–H and O–H groups in total. The van der Waals surface area contributed by atoms with Gasteiger partial charge in [-0.1, -0.05) is 17.4 Å². The Morgan fingerprint density at radius 3 is 2.65 bits per heavy atom. The Labute approximate surface area is 156 Å². The van der Waals surface area contributed by atoms with E-state index in [1.54, 1.807) is 10.9 Å². The molecule has 1 unspecified atom stereocenters. The van der Waals surface area contributed by atoms with Crippen molar-refractivity contribution in [1.29, 1.82) is 0 Å². The number of rotatable bonds is 7. The van der Waals surface area contributed by atoms with Crippen LogP contribution >= 0.6 is 0 Å². The third-order valence-electron chi connectivity index (χ3n) is 5.20. The maximum Gasteiger partial charge on any atom is 0.273 e. The Bertz CT molecular complexity index is 603. The van der Waals surface area contributed by atoms with Crippen LogP contribution in [0.5, 0.6) is 0 Å². The van der Waals surface area contributed by atoms with Gasteiger partial charge in [0.15, 0.2) is 5.69 Å². The molecule has 0 saturated carbocycles. The van der Waals surface area contributed by atoms with Crippen molar-refractivity contribution in [3.8, 4) is 0 Å². The number of piperazine rings is 1. The first-order valence-corrected chi connectivity index (χ1v) is 9.91. The molecule has 0 bridgehead atoms. The molecule has 1 aliphatic carbocycles. The smallest absolute Gasteiger partial charge is 0.273 e. The number of hydrogen-bond acceptors (Lipinski definition) is 5. The minimum atomic E-state index is -0.155. The third kappa shape index (κ3) is 5.64. The van der Waals surface area contributed by atoms with Gasteiger partial charge in [0.2, 0.25) is 0 Å². The normalized spacial score (nSPS) is 22.0. The fraction of sp³-hybridized carbons (Fsp3) is 0.737. The Balaban J connectivity index is 1.36. The highest BCUT2D eigenvalue weighted by Gasteiger charge is 2.20. The van der Waals surface area contributed by atoms with Crippen LogP contribution in [0.25, 0.3) is 0 Å². The topological polar surface area (TPSA) is 66.3 Å². The highest BCUT2D eigenvalue weighted by atomic mass is 16.2. The first-order valence-electron chi connectivity index (χ1n) is 9.91. The molecule has 1 atom stereocenters. The van der Waals surface area contributed by atoms with E-state index in [0.717, 1.165) is 45.2 Å². The standard InChI is InChI=1S/C19H32N6O/c1-16(2)20-19(26)18-15-25(22-21-18)13-12-23-8-10-24(11-9-23)14-17-6-4-3-5-7-17/h3-4,15-17H,5-14H2,1-2H3,(H,20,26). The van der Waals surface area contributed by atoms with E-state index in [1.165, 1.54) is 25.8 Å². The minimum Gasteiger partial charge on any atom is -0.348 e. The predicted molar refractivity (Wildman–Crippen MR) is 102 cm³/mol. The summed E-state index contributed by atoms with van der Waals surface area (Å²) in [5.74, 6) is 0.689.